The molecule has 9 atom stereocenters. The number of esters is 2. The fraction of sp³-hybridized carbons (Fsp3) is 0.600. The van der Waals surface area contributed by atoms with Crippen molar-refractivity contribution in [3.63, 3.8) is 0 Å². The number of halogens is 1. The minimum absolute atomic E-state index is 0.0314. The van der Waals surface area contributed by atoms with Crippen molar-refractivity contribution in [2.75, 3.05) is 34.4 Å². The van der Waals surface area contributed by atoms with E-state index in [1.807, 2.05) is 70.1 Å². The van der Waals surface area contributed by atoms with E-state index in [2.05, 4.69) is 28.2 Å². The van der Waals surface area contributed by atoms with E-state index in [1.165, 1.54) is 0 Å². The van der Waals surface area contributed by atoms with Crippen LogP contribution in [0.15, 0.2) is 70.4 Å². The van der Waals surface area contributed by atoms with E-state index in [0.717, 1.165) is 10.0 Å². The maximum absolute atomic E-state index is 13.5. The highest BCUT2D eigenvalue weighted by Crippen LogP contribution is 2.41. The number of aliphatic hydroxyl groups excluding tert-OH is 1. The van der Waals surface area contributed by atoms with Crippen LogP contribution in [-0.4, -0.2) is 98.3 Å². The van der Waals surface area contributed by atoms with Crippen LogP contribution in [0.1, 0.15) is 83.3 Å². The number of cyclic esters (lactones) is 1. The second-order valence-electron chi connectivity index (χ2n) is 15.1. The Kier molecular flexibility index (Phi) is 14.5. The van der Waals surface area contributed by atoms with E-state index in [1.54, 1.807) is 52.1 Å². The molecule has 0 aromatic heterocycles. The standard InChI is InChI=1S/C40H57BrN2O9/c1-24(22-42-31(23-44)28-16-18-30(41)19-17-28)21-40(7,47-10)35(26(3)33-27(4)36(45)52-39(5,6)51-33)50-38-34(32(43(8)9)20-25(2)48-38)49-37(46)29-14-12-11-13-15-29/h11-19,24-26,31-32,34-35,38,42,44H,20-23H2,1-10H3/t24-,25?,26+,31+,32?,34?,35-,38?,40?/m1/s1. The Bertz CT molecular complexity index is 1520. The summed E-state index contributed by atoms with van der Waals surface area (Å²) in [7, 11) is 5.54. The molecule has 288 valence electrons. The Morgan fingerprint density at radius 1 is 1.12 bits per heavy atom. The van der Waals surface area contributed by atoms with Crippen molar-refractivity contribution >= 4 is 27.9 Å². The zero-order valence-corrected chi connectivity index (χ0v) is 33.8. The molecule has 2 aromatic carbocycles. The monoisotopic (exact) mass is 788 g/mol. The minimum Gasteiger partial charge on any atom is -0.456 e. The number of benzene rings is 2. The summed E-state index contributed by atoms with van der Waals surface area (Å²) in [6.45, 7) is 13.6. The van der Waals surface area contributed by atoms with E-state index in [-0.39, 0.29) is 30.7 Å². The molecular weight excluding hydrogens is 732 g/mol. The molecule has 1 fully saturated rings. The van der Waals surface area contributed by atoms with Crippen LogP contribution in [0.25, 0.3) is 0 Å². The smallest absolute Gasteiger partial charge is 0.340 e. The predicted octanol–water partition coefficient (Wildman–Crippen LogP) is 6.40. The molecule has 12 heteroatoms. The number of ether oxygens (including phenoxy) is 6. The topological polar surface area (TPSA) is 125 Å². The van der Waals surface area contributed by atoms with Gasteiger partial charge in [-0.15, -0.1) is 0 Å². The first-order chi connectivity index (χ1) is 24.5. The summed E-state index contributed by atoms with van der Waals surface area (Å²) in [6, 6.07) is 16.2. The van der Waals surface area contributed by atoms with Gasteiger partial charge in [0.2, 0.25) is 5.79 Å². The number of carbonyl (C=O) groups excluding carboxylic acids is 2. The van der Waals surface area contributed by atoms with E-state index < -0.39 is 47.7 Å². The van der Waals surface area contributed by atoms with Crippen molar-refractivity contribution in [1.82, 2.24) is 10.2 Å². The van der Waals surface area contributed by atoms with Gasteiger partial charge >= 0.3 is 11.9 Å². The van der Waals surface area contributed by atoms with Gasteiger partial charge in [0.05, 0.1) is 47.6 Å². The first kappa shape index (κ1) is 41.9. The van der Waals surface area contributed by atoms with Gasteiger partial charge in [0, 0.05) is 31.3 Å². The van der Waals surface area contributed by atoms with E-state index in [9.17, 15) is 14.7 Å². The first-order valence-electron chi connectivity index (χ1n) is 18.0. The van der Waals surface area contributed by atoms with Crippen LogP contribution < -0.4 is 5.32 Å². The zero-order valence-electron chi connectivity index (χ0n) is 32.2. The summed E-state index contributed by atoms with van der Waals surface area (Å²) in [5, 5.41) is 13.7. The molecule has 5 unspecified atom stereocenters. The fourth-order valence-electron chi connectivity index (χ4n) is 7.21. The maximum atomic E-state index is 13.5. The number of carbonyl (C=O) groups is 2. The van der Waals surface area contributed by atoms with Crippen molar-refractivity contribution < 1.29 is 43.1 Å². The zero-order chi connectivity index (χ0) is 38.4. The van der Waals surface area contributed by atoms with Crippen LogP contribution in [-0.2, 0) is 33.2 Å². The molecule has 0 bridgehead atoms. The van der Waals surface area contributed by atoms with Gasteiger partial charge in [-0.2, -0.15) is 0 Å². The van der Waals surface area contributed by atoms with Crippen LogP contribution >= 0.6 is 15.9 Å². The summed E-state index contributed by atoms with van der Waals surface area (Å²) in [5.41, 5.74) is 0.765. The Labute approximate surface area is 317 Å². The average molecular weight is 790 g/mol. The highest BCUT2D eigenvalue weighted by molar-refractivity contribution is 9.10. The molecule has 2 N–H and O–H groups in total. The molecule has 0 radical (unpaired) electrons. The van der Waals surface area contributed by atoms with Crippen LogP contribution in [0.3, 0.4) is 0 Å². The van der Waals surface area contributed by atoms with Gasteiger partial charge in [-0.25, -0.2) is 9.59 Å². The molecule has 0 amide bonds. The van der Waals surface area contributed by atoms with Crippen molar-refractivity contribution in [3.05, 3.63) is 81.5 Å². The number of hydrogen-bond acceptors (Lipinski definition) is 11. The number of nitrogens with zero attached hydrogens (tertiary/aromatic N) is 1. The van der Waals surface area contributed by atoms with Crippen molar-refractivity contribution in [2.45, 2.75) is 109 Å². The number of aliphatic hydroxyl groups is 1. The molecule has 2 aromatic rings. The largest absolute Gasteiger partial charge is 0.456 e. The normalized spacial score (nSPS) is 25.4. The lowest BCUT2D eigenvalue weighted by Gasteiger charge is -2.48. The molecule has 1 saturated heterocycles. The van der Waals surface area contributed by atoms with E-state index in [4.69, 9.17) is 28.4 Å². The molecule has 2 heterocycles. The molecule has 4 rings (SSSR count). The number of methoxy groups -OCH3 is 1. The molecule has 2 aliphatic heterocycles. The quantitative estimate of drug-likeness (QED) is 0.184. The third kappa shape index (κ3) is 10.4. The molecule has 11 nitrogen and oxygen atoms in total. The minimum atomic E-state index is -1.20. The third-order valence-electron chi connectivity index (χ3n) is 10.0. The van der Waals surface area contributed by atoms with Gasteiger partial charge in [0.1, 0.15) is 5.76 Å². The summed E-state index contributed by atoms with van der Waals surface area (Å²) < 4.78 is 39.0. The lowest BCUT2D eigenvalue weighted by Crippen LogP contribution is -2.59. The number of rotatable bonds is 16. The van der Waals surface area contributed by atoms with E-state index >= 15 is 0 Å². The number of hydrogen-bond donors (Lipinski definition) is 2. The SMILES string of the molecule is COC(C)(C[C@@H](C)CN[C@@H](CO)c1ccc(Br)cc1)[C@H](OC1OC(C)CC(N(C)C)C1OC(=O)c1ccccc1)[C@@H](C)C1=C(C)C(=O)OC(C)(C)O1. The van der Waals surface area contributed by atoms with Gasteiger partial charge < -0.3 is 43.7 Å². The highest BCUT2D eigenvalue weighted by atomic mass is 79.9. The Morgan fingerprint density at radius 2 is 1.77 bits per heavy atom. The second kappa shape index (κ2) is 18.0. The van der Waals surface area contributed by atoms with Crippen LogP contribution in [0.4, 0.5) is 0 Å². The number of likely N-dealkylation sites (N-methyl/N-ethyl adjacent to an activating group) is 1. The molecule has 52 heavy (non-hydrogen) atoms. The molecule has 0 spiro atoms. The van der Waals surface area contributed by atoms with Crippen LogP contribution in [0.5, 0.6) is 0 Å². The highest BCUT2D eigenvalue weighted by Gasteiger charge is 2.50. The molecule has 0 saturated carbocycles. The Morgan fingerprint density at radius 3 is 2.37 bits per heavy atom. The number of nitrogens with one attached hydrogen (secondary N) is 1. The maximum Gasteiger partial charge on any atom is 0.340 e. The lowest BCUT2D eigenvalue weighted by molar-refractivity contribution is -0.298. The van der Waals surface area contributed by atoms with E-state index in [0.29, 0.717) is 36.3 Å². The van der Waals surface area contributed by atoms with Gasteiger partial charge in [-0.1, -0.05) is 60.1 Å². The van der Waals surface area contributed by atoms with Gasteiger partial charge in [0.25, 0.3) is 0 Å². The summed E-state index contributed by atoms with van der Waals surface area (Å²) in [6.07, 6.45) is -1.64. The fourth-order valence-corrected chi connectivity index (χ4v) is 7.47. The van der Waals surface area contributed by atoms with Gasteiger partial charge in [-0.05, 0) is 90.0 Å². The molecule has 2 aliphatic rings. The lowest BCUT2D eigenvalue weighted by atomic mass is 9.80. The van der Waals surface area contributed by atoms with Gasteiger partial charge in [-0.3, -0.25) is 0 Å². The second-order valence-corrected chi connectivity index (χ2v) is 16.0. The van der Waals surface area contributed by atoms with Crippen molar-refractivity contribution in [1.29, 1.82) is 0 Å². The average Bonchev–Trinajstić information content (AvgIpc) is 3.10. The third-order valence-corrected chi connectivity index (χ3v) is 10.5. The first-order valence-corrected chi connectivity index (χ1v) is 18.8. The summed E-state index contributed by atoms with van der Waals surface area (Å²) in [4.78, 5) is 28.6. The van der Waals surface area contributed by atoms with Crippen LogP contribution in [0.2, 0.25) is 0 Å². The van der Waals surface area contributed by atoms with Crippen molar-refractivity contribution in [3.8, 4) is 0 Å². The predicted molar refractivity (Wildman–Crippen MR) is 201 cm³/mol. The van der Waals surface area contributed by atoms with Gasteiger partial charge in [0.15, 0.2) is 12.4 Å². The molecular formula is C40H57BrN2O9. The van der Waals surface area contributed by atoms with Crippen molar-refractivity contribution in [2.24, 2.45) is 11.8 Å². The summed E-state index contributed by atoms with van der Waals surface area (Å²) in [5.74, 6) is -2.22. The molecule has 0 aliphatic carbocycles. The Balaban J connectivity index is 1.69. The summed E-state index contributed by atoms with van der Waals surface area (Å²) >= 11 is 3.48. The Hall–Kier alpha value is -2.84. The van der Waals surface area contributed by atoms with Crippen LogP contribution in [0, 0.1) is 11.8 Å².